The van der Waals surface area contributed by atoms with Gasteiger partial charge in [0.05, 0.1) is 0 Å². The molecule has 79 valence electrons. The zero-order chi connectivity index (χ0) is 9.94. The molecule has 0 aliphatic rings. The molecule has 13 heavy (non-hydrogen) atoms. The van der Waals surface area contributed by atoms with Crippen molar-refractivity contribution in [3.63, 3.8) is 0 Å². The first kappa shape index (κ1) is 12.9. The third kappa shape index (κ3) is 9.84. The van der Waals surface area contributed by atoms with Crippen molar-refractivity contribution >= 4 is 0 Å². The Morgan fingerprint density at radius 3 is 2.23 bits per heavy atom. The van der Waals surface area contributed by atoms with E-state index in [1.54, 1.807) is 0 Å². The van der Waals surface area contributed by atoms with Gasteiger partial charge in [-0.15, -0.1) is 0 Å². The Hall–Kier alpha value is -0.0800. The minimum absolute atomic E-state index is 0.276. The van der Waals surface area contributed by atoms with Crippen LogP contribution in [0.25, 0.3) is 0 Å². The standard InChI is InChI=1S/C11H23O2/c1-4-6-7-8-10-13-11(3)12-9-5-2/h11H,3-10H2,1-2H3. The van der Waals surface area contributed by atoms with Gasteiger partial charge in [-0.2, -0.15) is 0 Å². The first-order valence-corrected chi connectivity index (χ1v) is 5.37. The smallest absolute Gasteiger partial charge is 0.157 e. The van der Waals surface area contributed by atoms with E-state index in [1.807, 2.05) is 0 Å². The maximum atomic E-state index is 5.36. The molecule has 2 nitrogen and oxygen atoms in total. The summed E-state index contributed by atoms with van der Waals surface area (Å²) in [6.07, 6.45) is 5.67. The minimum Gasteiger partial charge on any atom is -0.353 e. The molecule has 0 fully saturated rings. The minimum atomic E-state index is -0.276. The van der Waals surface area contributed by atoms with Crippen molar-refractivity contribution < 1.29 is 9.47 Å². The molecule has 1 unspecified atom stereocenters. The Bertz CT molecular complexity index is 94.1. The van der Waals surface area contributed by atoms with Crippen LogP contribution in [-0.4, -0.2) is 19.5 Å². The lowest BCUT2D eigenvalue weighted by atomic mass is 10.2. The summed E-state index contributed by atoms with van der Waals surface area (Å²) in [6, 6.07) is 0. The molecule has 0 aliphatic heterocycles. The van der Waals surface area contributed by atoms with Crippen molar-refractivity contribution in [1.29, 1.82) is 0 Å². The Labute approximate surface area is 82.6 Å². The molecule has 0 N–H and O–H groups in total. The van der Waals surface area contributed by atoms with Crippen LogP contribution in [0.15, 0.2) is 0 Å². The van der Waals surface area contributed by atoms with Crippen molar-refractivity contribution in [3.8, 4) is 0 Å². The van der Waals surface area contributed by atoms with Crippen LogP contribution in [-0.2, 0) is 9.47 Å². The molecule has 0 amide bonds. The Morgan fingerprint density at radius 1 is 0.923 bits per heavy atom. The van der Waals surface area contributed by atoms with E-state index in [2.05, 4.69) is 20.8 Å². The van der Waals surface area contributed by atoms with Crippen molar-refractivity contribution in [2.75, 3.05) is 13.2 Å². The van der Waals surface area contributed by atoms with Crippen LogP contribution in [0.5, 0.6) is 0 Å². The molecule has 0 aromatic rings. The Balaban J connectivity index is 3.03. The highest BCUT2D eigenvalue weighted by Crippen LogP contribution is 2.01. The van der Waals surface area contributed by atoms with Gasteiger partial charge >= 0.3 is 0 Å². The topological polar surface area (TPSA) is 18.5 Å². The predicted octanol–water partition coefficient (Wildman–Crippen LogP) is 3.17. The number of unbranched alkanes of at least 4 members (excludes halogenated alkanes) is 3. The van der Waals surface area contributed by atoms with Gasteiger partial charge in [0.15, 0.2) is 6.29 Å². The van der Waals surface area contributed by atoms with Crippen LogP contribution in [0, 0.1) is 6.92 Å². The lowest BCUT2D eigenvalue weighted by molar-refractivity contribution is -0.114. The molecule has 0 heterocycles. The van der Waals surface area contributed by atoms with E-state index in [4.69, 9.17) is 9.47 Å². The maximum absolute atomic E-state index is 5.36. The molecule has 0 spiro atoms. The van der Waals surface area contributed by atoms with Gasteiger partial charge in [0.1, 0.15) is 0 Å². The fraction of sp³-hybridized carbons (Fsp3) is 0.909. The summed E-state index contributed by atoms with van der Waals surface area (Å²) in [7, 11) is 0. The molecule has 0 bridgehead atoms. The van der Waals surface area contributed by atoms with Crippen LogP contribution in [0.2, 0.25) is 0 Å². The van der Waals surface area contributed by atoms with Crippen molar-refractivity contribution in [2.45, 2.75) is 52.2 Å². The van der Waals surface area contributed by atoms with Crippen LogP contribution in [0.3, 0.4) is 0 Å². The van der Waals surface area contributed by atoms with Crippen molar-refractivity contribution in [1.82, 2.24) is 0 Å². The van der Waals surface area contributed by atoms with Gasteiger partial charge in [0, 0.05) is 20.1 Å². The number of rotatable bonds is 9. The van der Waals surface area contributed by atoms with Crippen LogP contribution in [0.1, 0.15) is 46.0 Å². The van der Waals surface area contributed by atoms with E-state index in [1.165, 1.54) is 19.3 Å². The molecule has 0 aliphatic carbocycles. The zero-order valence-electron chi connectivity index (χ0n) is 9.05. The highest BCUT2D eigenvalue weighted by molar-refractivity contribution is 4.46. The Morgan fingerprint density at radius 2 is 1.62 bits per heavy atom. The van der Waals surface area contributed by atoms with Crippen molar-refractivity contribution in [3.05, 3.63) is 6.92 Å². The number of hydrogen-bond acceptors (Lipinski definition) is 2. The average Bonchev–Trinajstić information content (AvgIpc) is 2.14. The second kappa shape index (κ2) is 10.0. The van der Waals surface area contributed by atoms with E-state index >= 15 is 0 Å². The third-order valence-electron chi connectivity index (χ3n) is 1.81. The summed E-state index contributed by atoms with van der Waals surface area (Å²) >= 11 is 0. The van der Waals surface area contributed by atoms with Crippen LogP contribution < -0.4 is 0 Å². The quantitative estimate of drug-likeness (QED) is 0.408. The van der Waals surface area contributed by atoms with Gasteiger partial charge in [0.25, 0.3) is 0 Å². The first-order valence-electron chi connectivity index (χ1n) is 5.37. The summed E-state index contributed by atoms with van der Waals surface area (Å²) in [5, 5.41) is 0. The molecule has 0 saturated carbocycles. The molecule has 0 saturated heterocycles. The summed E-state index contributed by atoms with van der Waals surface area (Å²) in [4.78, 5) is 0. The highest BCUT2D eigenvalue weighted by atomic mass is 16.7. The van der Waals surface area contributed by atoms with Gasteiger partial charge < -0.3 is 9.47 Å². The van der Waals surface area contributed by atoms with Crippen LogP contribution >= 0.6 is 0 Å². The fourth-order valence-corrected chi connectivity index (χ4v) is 1.04. The van der Waals surface area contributed by atoms with Crippen molar-refractivity contribution in [2.24, 2.45) is 0 Å². The van der Waals surface area contributed by atoms with E-state index in [9.17, 15) is 0 Å². The van der Waals surface area contributed by atoms with E-state index in [0.717, 1.165) is 26.1 Å². The second-order valence-corrected chi connectivity index (χ2v) is 3.23. The summed E-state index contributed by atoms with van der Waals surface area (Å²) < 4.78 is 10.6. The lowest BCUT2D eigenvalue weighted by Crippen LogP contribution is -2.14. The highest BCUT2D eigenvalue weighted by Gasteiger charge is 1.99. The molecule has 1 radical (unpaired) electrons. The van der Waals surface area contributed by atoms with E-state index in [0.29, 0.717) is 0 Å². The third-order valence-corrected chi connectivity index (χ3v) is 1.81. The van der Waals surface area contributed by atoms with Gasteiger partial charge in [-0.25, -0.2) is 0 Å². The molecular weight excluding hydrogens is 164 g/mol. The number of hydrogen-bond donors (Lipinski definition) is 0. The SMILES string of the molecule is [CH2]C(OCCC)OCCCCCC. The summed E-state index contributed by atoms with van der Waals surface area (Å²) in [5.74, 6) is 0. The predicted molar refractivity (Wildman–Crippen MR) is 55.5 cm³/mol. The fourth-order valence-electron chi connectivity index (χ4n) is 1.04. The number of ether oxygens (including phenoxy) is 2. The largest absolute Gasteiger partial charge is 0.353 e. The molecule has 0 aromatic heterocycles. The molecule has 1 atom stereocenters. The summed E-state index contributed by atoms with van der Waals surface area (Å²) in [5.41, 5.74) is 0. The second-order valence-electron chi connectivity index (χ2n) is 3.23. The molecular formula is C11H23O2. The zero-order valence-corrected chi connectivity index (χ0v) is 9.05. The van der Waals surface area contributed by atoms with E-state index in [-0.39, 0.29) is 6.29 Å². The maximum Gasteiger partial charge on any atom is 0.157 e. The summed E-state index contributed by atoms with van der Waals surface area (Å²) in [6.45, 7) is 9.54. The van der Waals surface area contributed by atoms with Gasteiger partial charge in [-0.1, -0.05) is 33.1 Å². The molecule has 2 heteroatoms. The molecule has 0 rings (SSSR count). The van der Waals surface area contributed by atoms with E-state index < -0.39 is 0 Å². The molecule has 0 aromatic carbocycles. The monoisotopic (exact) mass is 187 g/mol. The van der Waals surface area contributed by atoms with Crippen LogP contribution in [0.4, 0.5) is 0 Å². The Kier molecular flexibility index (Phi) is 9.94. The van der Waals surface area contributed by atoms with Gasteiger partial charge in [0.2, 0.25) is 0 Å². The normalized spacial score (nSPS) is 13.2. The first-order chi connectivity index (χ1) is 6.31. The van der Waals surface area contributed by atoms with Gasteiger partial charge in [-0.3, -0.25) is 0 Å². The lowest BCUT2D eigenvalue weighted by Gasteiger charge is -2.12. The van der Waals surface area contributed by atoms with Gasteiger partial charge in [-0.05, 0) is 12.8 Å². The average molecular weight is 187 g/mol.